The van der Waals surface area contributed by atoms with E-state index in [9.17, 15) is 4.79 Å². The second kappa shape index (κ2) is 7.77. The summed E-state index contributed by atoms with van der Waals surface area (Å²) in [4.78, 5) is 19.2. The number of cyclic esters (lactones) is 1. The van der Waals surface area contributed by atoms with Gasteiger partial charge < -0.3 is 9.47 Å². The van der Waals surface area contributed by atoms with E-state index in [1.807, 2.05) is 43.9 Å². The zero-order chi connectivity index (χ0) is 19.7. The number of benzene rings is 1. The summed E-state index contributed by atoms with van der Waals surface area (Å²) in [6, 6.07) is 5.61. The van der Waals surface area contributed by atoms with E-state index in [2.05, 4.69) is 18.8 Å². The molecule has 6 heteroatoms. The normalized spacial score (nSPS) is 13.6. The van der Waals surface area contributed by atoms with E-state index in [-0.39, 0.29) is 12.8 Å². The quantitative estimate of drug-likeness (QED) is 0.633. The average Bonchev–Trinajstić information content (AvgIpc) is 2.60. The van der Waals surface area contributed by atoms with Crippen molar-refractivity contribution < 1.29 is 14.3 Å². The Hall–Kier alpha value is -2.27. The third kappa shape index (κ3) is 3.74. The van der Waals surface area contributed by atoms with Gasteiger partial charge in [-0.15, -0.1) is 0 Å². The summed E-state index contributed by atoms with van der Waals surface area (Å²) in [6.07, 6.45) is 1.76. The third-order valence-corrected chi connectivity index (χ3v) is 5.03. The van der Waals surface area contributed by atoms with Crippen LogP contribution in [0.5, 0.6) is 5.75 Å². The molecule has 1 aliphatic rings. The summed E-state index contributed by atoms with van der Waals surface area (Å²) in [5.74, 6) is 0.699. The Bertz CT molecular complexity index is 855. The molecule has 0 atom stereocenters. The Balaban J connectivity index is 2.16. The summed E-state index contributed by atoms with van der Waals surface area (Å²) >= 11 is 6.18. The van der Waals surface area contributed by atoms with Crippen LogP contribution in [0.15, 0.2) is 18.2 Å². The highest BCUT2D eigenvalue weighted by molar-refractivity contribution is 6.30. The van der Waals surface area contributed by atoms with Crippen LogP contribution in [0.4, 0.5) is 11.5 Å². The van der Waals surface area contributed by atoms with Gasteiger partial charge in [0.15, 0.2) is 12.5 Å². The SMILES string of the molecule is CCC(CC)Oc1cc(C)nc2c1C(=O)OCN2c1c(C)cc(Cl)cc1C. The van der Waals surface area contributed by atoms with Crippen molar-refractivity contribution in [3.8, 4) is 5.75 Å². The number of halogens is 1. The Kier molecular flexibility index (Phi) is 5.61. The predicted molar refractivity (Wildman–Crippen MR) is 107 cm³/mol. The Morgan fingerprint density at radius 2 is 1.81 bits per heavy atom. The summed E-state index contributed by atoms with van der Waals surface area (Å²) in [5, 5.41) is 0.679. The lowest BCUT2D eigenvalue weighted by atomic mass is 10.1. The number of hydrogen-bond acceptors (Lipinski definition) is 5. The zero-order valence-corrected chi connectivity index (χ0v) is 17.2. The summed E-state index contributed by atoms with van der Waals surface area (Å²) in [7, 11) is 0. The number of hydrogen-bond donors (Lipinski definition) is 0. The minimum absolute atomic E-state index is 0.0399. The first-order valence-electron chi connectivity index (χ1n) is 9.25. The van der Waals surface area contributed by atoms with Gasteiger partial charge in [-0.25, -0.2) is 9.78 Å². The number of esters is 1. The van der Waals surface area contributed by atoms with Gasteiger partial charge >= 0.3 is 5.97 Å². The van der Waals surface area contributed by atoms with Crippen LogP contribution in [-0.2, 0) is 4.74 Å². The van der Waals surface area contributed by atoms with E-state index in [1.165, 1.54) is 0 Å². The lowest BCUT2D eigenvalue weighted by Crippen LogP contribution is -2.33. The van der Waals surface area contributed by atoms with Gasteiger partial charge in [0.25, 0.3) is 0 Å². The molecule has 2 aromatic rings. The molecule has 0 aliphatic carbocycles. The van der Waals surface area contributed by atoms with Crippen molar-refractivity contribution in [1.29, 1.82) is 0 Å². The number of aryl methyl sites for hydroxylation is 3. The van der Waals surface area contributed by atoms with Crippen LogP contribution in [0.1, 0.15) is 53.9 Å². The minimum atomic E-state index is -0.404. The fourth-order valence-corrected chi connectivity index (χ4v) is 3.83. The Morgan fingerprint density at radius 1 is 1.19 bits per heavy atom. The first-order chi connectivity index (χ1) is 12.8. The molecule has 0 radical (unpaired) electrons. The molecule has 1 aromatic carbocycles. The molecule has 27 heavy (non-hydrogen) atoms. The highest BCUT2D eigenvalue weighted by atomic mass is 35.5. The number of carbonyl (C=O) groups is 1. The molecule has 0 saturated carbocycles. The topological polar surface area (TPSA) is 51.7 Å². The maximum Gasteiger partial charge on any atom is 0.347 e. The molecule has 0 bridgehead atoms. The number of aromatic nitrogens is 1. The van der Waals surface area contributed by atoms with Crippen molar-refractivity contribution in [1.82, 2.24) is 4.98 Å². The maximum absolute atomic E-state index is 12.6. The van der Waals surface area contributed by atoms with Gasteiger partial charge in [0.2, 0.25) is 0 Å². The number of ether oxygens (including phenoxy) is 2. The van der Waals surface area contributed by atoms with Gasteiger partial charge in [-0.2, -0.15) is 0 Å². The highest BCUT2D eigenvalue weighted by Crippen LogP contribution is 2.40. The molecule has 0 amide bonds. The summed E-state index contributed by atoms with van der Waals surface area (Å²) in [5.41, 5.74) is 4.11. The van der Waals surface area contributed by atoms with Crippen LogP contribution in [0.25, 0.3) is 0 Å². The van der Waals surface area contributed by atoms with Crippen LogP contribution in [0, 0.1) is 20.8 Å². The van der Waals surface area contributed by atoms with Crippen LogP contribution < -0.4 is 9.64 Å². The largest absolute Gasteiger partial charge is 0.489 e. The molecule has 0 spiro atoms. The van der Waals surface area contributed by atoms with E-state index < -0.39 is 5.97 Å². The monoisotopic (exact) mass is 388 g/mol. The molecule has 3 rings (SSSR count). The first-order valence-corrected chi connectivity index (χ1v) is 9.63. The van der Waals surface area contributed by atoms with E-state index in [4.69, 9.17) is 21.1 Å². The summed E-state index contributed by atoms with van der Waals surface area (Å²) < 4.78 is 11.6. The van der Waals surface area contributed by atoms with E-state index in [0.29, 0.717) is 22.2 Å². The van der Waals surface area contributed by atoms with Gasteiger partial charge in [0, 0.05) is 16.8 Å². The molecule has 0 N–H and O–H groups in total. The lowest BCUT2D eigenvalue weighted by Gasteiger charge is -2.33. The fraction of sp³-hybridized carbons (Fsp3) is 0.429. The minimum Gasteiger partial charge on any atom is -0.489 e. The standard InChI is InChI=1S/C21H25ClN2O3/c1-6-16(7-2)27-17-10-14(5)23-20-18(17)21(25)26-11-24(20)19-12(3)8-15(22)9-13(19)4/h8-10,16H,6-7,11H2,1-5H3. The highest BCUT2D eigenvalue weighted by Gasteiger charge is 2.33. The van der Waals surface area contributed by atoms with Crippen LogP contribution in [-0.4, -0.2) is 23.8 Å². The van der Waals surface area contributed by atoms with Crippen molar-refractivity contribution in [3.63, 3.8) is 0 Å². The van der Waals surface area contributed by atoms with E-state index in [0.717, 1.165) is 35.3 Å². The molecule has 5 nitrogen and oxygen atoms in total. The molecule has 1 aliphatic heterocycles. The van der Waals surface area contributed by atoms with E-state index >= 15 is 0 Å². The molecule has 0 saturated heterocycles. The molecular weight excluding hydrogens is 364 g/mol. The number of rotatable bonds is 5. The predicted octanol–water partition coefficient (Wildman–Crippen LogP) is 5.49. The number of nitrogens with zero attached hydrogens (tertiary/aromatic N) is 2. The molecule has 144 valence electrons. The van der Waals surface area contributed by atoms with Crippen LogP contribution >= 0.6 is 11.6 Å². The maximum atomic E-state index is 12.6. The zero-order valence-electron chi connectivity index (χ0n) is 16.4. The van der Waals surface area contributed by atoms with E-state index in [1.54, 1.807) is 0 Å². The molecular formula is C21H25ClN2O3. The molecule has 0 unspecified atom stereocenters. The van der Waals surface area contributed by atoms with Crippen molar-refractivity contribution in [3.05, 3.63) is 45.6 Å². The van der Waals surface area contributed by atoms with Crippen molar-refractivity contribution in [2.24, 2.45) is 0 Å². The van der Waals surface area contributed by atoms with Crippen molar-refractivity contribution >= 4 is 29.1 Å². The number of carbonyl (C=O) groups excluding carboxylic acids is 1. The average molecular weight is 389 g/mol. The smallest absolute Gasteiger partial charge is 0.347 e. The van der Waals surface area contributed by atoms with Crippen LogP contribution in [0.2, 0.25) is 5.02 Å². The molecule has 2 heterocycles. The number of pyridine rings is 1. The van der Waals surface area contributed by atoms with Gasteiger partial charge in [-0.05, 0) is 56.9 Å². The van der Waals surface area contributed by atoms with Crippen molar-refractivity contribution in [2.75, 3.05) is 11.6 Å². The first kappa shape index (κ1) is 19.5. The number of fused-ring (bicyclic) bond motifs is 1. The third-order valence-electron chi connectivity index (χ3n) is 4.81. The van der Waals surface area contributed by atoms with Crippen molar-refractivity contribution in [2.45, 2.75) is 53.6 Å². The molecule has 1 aromatic heterocycles. The van der Waals surface area contributed by atoms with Gasteiger partial charge in [-0.3, -0.25) is 4.90 Å². The van der Waals surface area contributed by atoms with Crippen LogP contribution in [0.3, 0.4) is 0 Å². The molecule has 0 fully saturated rings. The number of anilines is 2. The van der Waals surface area contributed by atoms with Gasteiger partial charge in [0.1, 0.15) is 11.3 Å². The lowest BCUT2D eigenvalue weighted by molar-refractivity contribution is 0.0482. The van der Waals surface area contributed by atoms with Gasteiger partial charge in [0.05, 0.1) is 11.8 Å². The Morgan fingerprint density at radius 3 is 2.41 bits per heavy atom. The summed E-state index contributed by atoms with van der Waals surface area (Å²) in [6.45, 7) is 10.1. The Labute approximate surface area is 165 Å². The fourth-order valence-electron chi connectivity index (χ4n) is 3.50. The second-order valence-corrected chi connectivity index (χ2v) is 7.33. The van der Waals surface area contributed by atoms with Gasteiger partial charge in [-0.1, -0.05) is 25.4 Å². The second-order valence-electron chi connectivity index (χ2n) is 6.89.